The van der Waals surface area contributed by atoms with E-state index in [1.807, 2.05) is 29.5 Å². The summed E-state index contributed by atoms with van der Waals surface area (Å²) in [5.41, 5.74) is 12.5. The monoisotopic (exact) mass is 887 g/mol. The van der Waals surface area contributed by atoms with Crippen molar-refractivity contribution in [2.24, 2.45) is 0 Å². The second-order valence-electron chi connectivity index (χ2n) is 18.2. The van der Waals surface area contributed by atoms with Gasteiger partial charge in [0.1, 0.15) is 22.3 Å². The lowest BCUT2D eigenvalue weighted by Crippen LogP contribution is -2.05. The minimum Gasteiger partial charge on any atom is -0.456 e. The van der Waals surface area contributed by atoms with E-state index < -0.39 is 0 Å². The lowest BCUT2D eigenvalue weighted by molar-refractivity contribution is 0.669. The van der Waals surface area contributed by atoms with Crippen molar-refractivity contribution in [1.29, 1.82) is 0 Å². The molecule has 6 heteroatoms. The zero-order chi connectivity index (χ0) is 44.5. The molecule has 1 aliphatic rings. The Kier molecular flexibility index (Phi) is 8.06. The molecule has 4 heterocycles. The Morgan fingerprint density at radius 1 is 0.397 bits per heavy atom. The van der Waals surface area contributed by atoms with Crippen molar-refractivity contribution in [3.63, 3.8) is 0 Å². The molecule has 0 radical (unpaired) electrons. The number of thiophene rings is 1. The van der Waals surface area contributed by atoms with Gasteiger partial charge in [0.2, 0.25) is 0 Å². The molecule has 0 spiro atoms. The fraction of sp³-hybridized carbons (Fsp3) is 0.0484. The number of furan rings is 2. The zero-order valence-corrected chi connectivity index (χ0v) is 37.3. The van der Waals surface area contributed by atoms with E-state index in [0.717, 1.165) is 84.2 Å². The molecule has 0 saturated carbocycles. The Morgan fingerprint density at radius 2 is 1.06 bits per heavy atom. The smallest absolute Gasteiger partial charge is 0.164 e. The van der Waals surface area contributed by atoms with Gasteiger partial charge in [0, 0.05) is 69.7 Å². The summed E-state index contributed by atoms with van der Waals surface area (Å²) < 4.78 is 15.9. The van der Waals surface area contributed by atoms with Crippen LogP contribution in [0.4, 0.5) is 0 Å². The molecule has 15 rings (SSSR count). The van der Waals surface area contributed by atoms with Gasteiger partial charge < -0.3 is 8.83 Å². The molecule has 0 aliphatic heterocycles. The molecule has 0 amide bonds. The van der Waals surface area contributed by atoms with Crippen LogP contribution in [-0.4, -0.2) is 15.0 Å². The normalized spacial score (nSPS) is 13.9. The number of aromatic nitrogens is 3. The molecule has 0 bridgehead atoms. The number of hydrogen-bond acceptors (Lipinski definition) is 6. The van der Waals surface area contributed by atoms with Crippen LogP contribution in [0.3, 0.4) is 0 Å². The maximum absolute atomic E-state index is 7.10. The van der Waals surface area contributed by atoms with Crippen molar-refractivity contribution in [3.8, 4) is 45.3 Å². The molecule has 14 aromatic rings. The first-order chi connectivity index (χ1) is 33.6. The second-order valence-corrected chi connectivity index (χ2v) is 19.2. The van der Waals surface area contributed by atoms with Crippen molar-refractivity contribution in [1.82, 2.24) is 15.0 Å². The maximum atomic E-state index is 7.10. The molecule has 1 unspecified atom stereocenters. The van der Waals surface area contributed by atoms with E-state index in [-0.39, 0.29) is 5.92 Å². The summed E-state index contributed by atoms with van der Waals surface area (Å²) in [5.74, 6) is 1.83. The van der Waals surface area contributed by atoms with Gasteiger partial charge >= 0.3 is 0 Å². The highest BCUT2D eigenvalue weighted by atomic mass is 32.1. The third kappa shape index (κ3) is 5.77. The summed E-state index contributed by atoms with van der Waals surface area (Å²) in [6, 6.07) is 69.7. The van der Waals surface area contributed by atoms with Crippen LogP contribution in [0.15, 0.2) is 203 Å². The van der Waals surface area contributed by atoms with Crippen LogP contribution in [0.1, 0.15) is 29.0 Å². The van der Waals surface area contributed by atoms with Crippen LogP contribution in [0.2, 0.25) is 0 Å². The first kappa shape index (κ1) is 37.7. The van der Waals surface area contributed by atoms with Gasteiger partial charge in [-0.3, -0.25) is 0 Å². The molecule has 68 heavy (non-hydrogen) atoms. The predicted octanol–water partition coefficient (Wildman–Crippen LogP) is 17.1. The van der Waals surface area contributed by atoms with Gasteiger partial charge in [-0.05, 0) is 130 Å². The van der Waals surface area contributed by atoms with Crippen LogP contribution < -0.4 is 0 Å². The van der Waals surface area contributed by atoms with Crippen LogP contribution in [-0.2, 0) is 6.42 Å². The highest BCUT2D eigenvalue weighted by Gasteiger charge is 2.29. The van der Waals surface area contributed by atoms with Gasteiger partial charge in [-0.1, -0.05) is 121 Å². The number of fused-ring (bicyclic) bond motifs is 15. The molecular formula is C62H37N3O2S. The maximum Gasteiger partial charge on any atom is 0.164 e. The van der Waals surface area contributed by atoms with Crippen molar-refractivity contribution in [3.05, 3.63) is 211 Å². The summed E-state index contributed by atoms with van der Waals surface area (Å²) in [6.07, 6.45) is 1.84. The Labute approximate surface area is 393 Å². The molecule has 0 N–H and O–H groups in total. The lowest BCUT2D eigenvalue weighted by Gasteiger charge is -2.20. The van der Waals surface area contributed by atoms with E-state index in [2.05, 4.69) is 176 Å². The van der Waals surface area contributed by atoms with Gasteiger partial charge in [0.05, 0.1) is 0 Å². The standard InChI is InChI=1S/C62H37N3O2S/c1-2-13-37-30-49-38(29-36(37)12-1)22-25-45(43-15-5-6-16-44(43)49)52-33-41(34-55-58(52)48-26-21-35-11-3-4-14-42(35)59(48)67-55)62-64-60(39-23-27-54-50(31-39)46-17-7-9-19-53(46)66-54)63-61(65-62)40-24-28-57-51(32-40)47-18-8-10-20-56(47)68-57/h1-21,23-24,26-34,45H,22,25H2. The van der Waals surface area contributed by atoms with E-state index >= 15 is 0 Å². The van der Waals surface area contributed by atoms with Gasteiger partial charge in [0.15, 0.2) is 17.5 Å². The highest BCUT2D eigenvalue weighted by molar-refractivity contribution is 7.25. The van der Waals surface area contributed by atoms with Crippen LogP contribution in [0, 0.1) is 0 Å². The lowest BCUT2D eigenvalue weighted by atomic mass is 9.83. The van der Waals surface area contributed by atoms with Crippen molar-refractivity contribution in [2.75, 3.05) is 0 Å². The summed E-state index contributed by atoms with van der Waals surface area (Å²) in [6.45, 7) is 0. The van der Waals surface area contributed by atoms with E-state index in [1.54, 1.807) is 0 Å². The van der Waals surface area contributed by atoms with Crippen LogP contribution in [0.5, 0.6) is 0 Å². The van der Waals surface area contributed by atoms with E-state index in [1.165, 1.54) is 58.8 Å². The average molecular weight is 888 g/mol. The van der Waals surface area contributed by atoms with Gasteiger partial charge in [0.25, 0.3) is 0 Å². The van der Waals surface area contributed by atoms with Gasteiger partial charge in [-0.15, -0.1) is 11.3 Å². The summed E-state index contributed by atoms with van der Waals surface area (Å²) in [4.78, 5) is 16.1. The highest BCUT2D eigenvalue weighted by Crippen LogP contribution is 2.48. The minimum absolute atomic E-state index is 0.0447. The molecular weight excluding hydrogens is 851 g/mol. The SMILES string of the molecule is c1ccc2c(c1)-c1cc3ccccc3cc1CCC2c1cc(-c2nc(-c3ccc4oc5ccccc5c4c3)nc(-c3ccc4sc5ccccc5c4c3)n2)cc2oc3c4ccccc4ccc3c12. The summed E-state index contributed by atoms with van der Waals surface area (Å²) >= 11 is 1.81. The fourth-order valence-electron chi connectivity index (χ4n) is 11.1. The largest absolute Gasteiger partial charge is 0.456 e. The Bertz CT molecular complexity index is 4290. The summed E-state index contributed by atoms with van der Waals surface area (Å²) in [5, 5.41) is 11.5. The molecule has 0 saturated heterocycles. The summed E-state index contributed by atoms with van der Waals surface area (Å²) in [7, 11) is 0. The van der Waals surface area contributed by atoms with Crippen LogP contribution >= 0.6 is 11.3 Å². The van der Waals surface area contributed by atoms with Crippen LogP contribution in [0.25, 0.3) is 131 Å². The molecule has 1 aliphatic carbocycles. The number of para-hydroxylation sites is 1. The number of rotatable bonds is 4. The van der Waals surface area contributed by atoms with E-state index in [9.17, 15) is 0 Å². The Hall–Kier alpha value is -8.45. The number of nitrogens with zero attached hydrogens (tertiary/aromatic N) is 3. The number of hydrogen-bond donors (Lipinski definition) is 0. The Balaban J connectivity index is 0.990. The predicted molar refractivity (Wildman–Crippen MR) is 281 cm³/mol. The number of benzene rings is 10. The van der Waals surface area contributed by atoms with E-state index in [0.29, 0.717) is 17.5 Å². The molecule has 0 fully saturated rings. The number of aryl methyl sites for hydroxylation is 1. The van der Waals surface area contributed by atoms with Crippen molar-refractivity contribution < 1.29 is 8.83 Å². The topological polar surface area (TPSA) is 65.0 Å². The molecule has 4 aromatic heterocycles. The first-order valence-corrected chi connectivity index (χ1v) is 24.1. The molecule has 10 aromatic carbocycles. The molecule has 5 nitrogen and oxygen atoms in total. The second kappa shape index (κ2) is 14.5. The molecule has 1 atom stereocenters. The Morgan fingerprint density at radius 3 is 1.93 bits per heavy atom. The van der Waals surface area contributed by atoms with Crippen molar-refractivity contribution in [2.45, 2.75) is 18.8 Å². The van der Waals surface area contributed by atoms with E-state index in [4.69, 9.17) is 23.8 Å². The average Bonchev–Trinajstić information content (AvgIpc) is 4.06. The quantitative estimate of drug-likeness (QED) is 0.176. The zero-order valence-electron chi connectivity index (χ0n) is 36.5. The fourth-order valence-corrected chi connectivity index (χ4v) is 12.2. The first-order valence-electron chi connectivity index (χ1n) is 23.2. The van der Waals surface area contributed by atoms with Gasteiger partial charge in [-0.2, -0.15) is 0 Å². The third-order valence-corrected chi connectivity index (χ3v) is 15.5. The minimum atomic E-state index is 0.0447. The molecule has 318 valence electrons. The third-order valence-electron chi connectivity index (χ3n) is 14.3. The van der Waals surface area contributed by atoms with Crippen molar-refractivity contribution >= 4 is 96.9 Å². The van der Waals surface area contributed by atoms with Gasteiger partial charge in [-0.25, -0.2) is 15.0 Å².